The summed E-state index contributed by atoms with van der Waals surface area (Å²) in [6.45, 7) is 3.70. The van der Waals surface area contributed by atoms with E-state index in [1.807, 2.05) is 13.8 Å². The van der Waals surface area contributed by atoms with Crippen molar-refractivity contribution >= 4 is 17.6 Å². The Balaban J connectivity index is 2.61. The Labute approximate surface area is 111 Å². The number of ether oxygens (including phenoxy) is 1. The number of carboxylic acids is 1. The van der Waals surface area contributed by atoms with Crippen LogP contribution in [-0.2, 0) is 4.79 Å². The molecule has 1 aromatic carbocycles. The molecule has 0 aliphatic heterocycles. The van der Waals surface area contributed by atoms with Crippen LogP contribution in [0.5, 0.6) is 5.75 Å². The third-order valence-electron chi connectivity index (χ3n) is 2.64. The summed E-state index contributed by atoms with van der Waals surface area (Å²) in [6, 6.07) is 4.34. The molecule has 0 saturated heterocycles. The fourth-order valence-electron chi connectivity index (χ4n) is 1.38. The van der Waals surface area contributed by atoms with E-state index in [0.29, 0.717) is 5.75 Å². The smallest absolute Gasteiger partial charge is 0.337 e. The van der Waals surface area contributed by atoms with Crippen molar-refractivity contribution in [1.82, 2.24) is 5.32 Å². The van der Waals surface area contributed by atoms with Crippen LogP contribution >= 0.6 is 0 Å². The average Bonchev–Trinajstić information content (AvgIpc) is 2.37. The number of aromatic carboxylic acids is 1. The summed E-state index contributed by atoms with van der Waals surface area (Å²) in [6.07, 6.45) is 0.830. The second kappa shape index (κ2) is 6.63. The highest BCUT2D eigenvalue weighted by atomic mass is 16.5. The van der Waals surface area contributed by atoms with Crippen molar-refractivity contribution in [2.75, 3.05) is 12.3 Å². The second-order valence-corrected chi connectivity index (χ2v) is 4.22. The van der Waals surface area contributed by atoms with Gasteiger partial charge < -0.3 is 20.9 Å². The van der Waals surface area contributed by atoms with Gasteiger partial charge >= 0.3 is 5.97 Å². The summed E-state index contributed by atoms with van der Waals surface area (Å²) < 4.78 is 5.23. The van der Waals surface area contributed by atoms with Gasteiger partial charge in [-0.25, -0.2) is 4.79 Å². The molecule has 1 unspecified atom stereocenters. The molecule has 6 heteroatoms. The van der Waals surface area contributed by atoms with Gasteiger partial charge in [0.2, 0.25) is 0 Å². The van der Waals surface area contributed by atoms with Gasteiger partial charge in [0.25, 0.3) is 5.91 Å². The number of benzene rings is 1. The molecule has 1 aromatic rings. The topological polar surface area (TPSA) is 102 Å². The first-order valence-electron chi connectivity index (χ1n) is 5.99. The Kier molecular flexibility index (Phi) is 5.17. The predicted molar refractivity (Wildman–Crippen MR) is 71.2 cm³/mol. The van der Waals surface area contributed by atoms with E-state index in [-0.39, 0.29) is 29.8 Å². The number of hydrogen-bond acceptors (Lipinski definition) is 4. The van der Waals surface area contributed by atoms with Gasteiger partial charge in [0.1, 0.15) is 5.75 Å². The zero-order valence-corrected chi connectivity index (χ0v) is 11.0. The Morgan fingerprint density at radius 2 is 2.16 bits per heavy atom. The zero-order valence-electron chi connectivity index (χ0n) is 11.0. The van der Waals surface area contributed by atoms with Crippen molar-refractivity contribution in [2.24, 2.45) is 0 Å². The number of amides is 1. The van der Waals surface area contributed by atoms with E-state index in [2.05, 4.69) is 5.32 Å². The number of anilines is 1. The van der Waals surface area contributed by atoms with Crippen LogP contribution in [0.25, 0.3) is 0 Å². The van der Waals surface area contributed by atoms with E-state index in [0.717, 1.165) is 6.42 Å². The molecule has 0 aromatic heterocycles. The number of carboxylic acid groups (broad SMARTS) is 1. The molecule has 1 amide bonds. The normalized spacial score (nSPS) is 11.7. The summed E-state index contributed by atoms with van der Waals surface area (Å²) in [4.78, 5) is 22.4. The third kappa shape index (κ3) is 4.50. The molecule has 0 bridgehead atoms. The molecule has 0 saturated carbocycles. The van der Waals surface area contributed by atoms with Crippen LogP contribution in [0.2, 0.25) is 0 Å². The number of nitrogens with two attached hydrogens (primary N) is 1. The number of nitrogen functional groups attached to an aromatic ring is 1. The van der Waals surface area contributed by atoms with Gasteiger partial charge in [0, 0.05) is 11.7 Å². The minimum Gasteiger partial charge on any atom is -0.484 e. The second-order valence-electron chi connectivity index (χ2n) is 4.22. The molecule has 19 heavy (non-hydrogen) atoms. The Bertz CT molecular complexity index is 474. The number of hydrogen-bond donors (Lipinski definition) is 3. The predicted octanol–water partition coefficient (Wildman–Crippen LogP) is 1.26. The first-order valence-corrected chi connectivity index (χ1v) is 5.99. The van der Waals surface area contributed by atoms with Crippen LogP contribution in [0, 0.1) is 0 Å². The highest BCUT2D eigenvalue weighted by Crippen LogP contribution is 2.19. The molecule has 1 rings (SSSR count). The van der Waals surface area contributed by atoms with Gasteiger partial charge in [-0.15, -0.1) is 0 Å². The molecule has 0 fully saturated rings. The lowest BCUT2D eigenvalue weighted by Gasteiger charge is -2.12. The zero-order chi connectivity index (χ0) is 14.4. The monoisotopic (exact) mass is 266 g/mol. The lowest BCUT2D eigenvalue weighted by molar-refractivity contribution is -0.123. The molecule has 0 heterocycles. The van der Waals surface area contributed by atoms with Gasteiger partial charge in [-0.1, -0.05) is 6.92 Å². The molecule has 6 nitrogen and oxygen atoms in total. The summed E-state index contributed by atoms with van der Waals surface area (Å²) in [5.41, 5.74) is 5.63. The molecule has 1 atom stereocenters. The maximum Gasteiger partial charge on any atom is 0.337 e. The number of carbonyl (C=O) groups is 2. The third-order valence-corrected chi connectivity index (χ3v) is 2.64. The molecular weight excluding hydrogens is 248 g/mol. The van der Waals surface area contributed by atoms with E-state index in [1.54, 1.807) is 0 Å². The van der Waals surface area contributed by atoms with E-state index >= 15 is 0 Å². The quantitative estimate of drug-likeness (QED) is 0.673. The minimum absolute atomic E-state index is 0.0418. The summed E-state index contributed by atoms with van der Waals surface area (Å²) >= 11 is 0. The molecule has 0 spiro atoms. The average molecular weight is 266 g/mol. The first-order chi connectivity index (χ1) is 8.93. The Morgan fingerprint density at radius 1 is 1.47 bits per heavy atom. The van der Waals surface area contributed by atoms with Crippen LogP contribution in [0.4, 0.5) is 5.69 Å². The van der Waals surface area contributed by atoms with Crippen molar-refractivity contribution in [2.45, 2.75) is 26.3 Å². The first kappa shape index (κ1) is 14.8. The maximum atomic E-state index is 11.5. The van der Waals surface area contributed by atoms with E-state index in [1.165, 1.54) is 18.2 Å². The van der Waals surface area contributed by atoms with Gasteiger partial charge in [0.15, 0.2) is 6.61 Å². The molecular formula is C13H18N2O4. The van der Waals surface area contributed by atoms with E-state index < -0.39 is 5.97 Å². The summed E-state index contributed by atoms with van der Waals surface area (Å²) in [7, 11) is 0. The standard InChI is InChI=1S/C13H18N2O4/c1-3-8(2)15-12(16)7-19-9-4-5-11(14)10(6-9)13(17)18/h4-6,8H,3,7,14H2,1-2H3,(H,15,16)(H,17,18). The van der Waals surface area contributed by atoms with Crippen LogP contribution < -0.4 is 15.8 Å². The van der Waals surface area contributed by atoms with Crippen molar-refractivity contribution in [1.29, 1.82) is 0 Å². The number of rotatable bonds is 6. The van der Waals surface area contributed by atoms with Gasteiger partial charge in [-0.2, -0.15) is 0 Å². The summed E-state index contributed by atoms with van der Waals surface area (Å²) in [5, 5.41) is 11.6. The molecule has 0 aliphatic rings. The minimum atomic E-state index is -1.13. The SMILES string of the molecule is CCC(C)NC(=O)COc1ccc(N)c(C(=O)O)c1. The van der Waals surface area contributed by atoms with Crippen LogP contribution in [0.15, 0.2) is 18.2 Å². The van der Waals surface area contributed by atoms with Crippen LogP contribution in [0.1, 0.15) is 30.6 Å². The molecule has 0 aliphatic carbocycles. The van der Waals surface area contributed by atoms with E-state index in [9.17, 15) is 9.59 Å². The Morgan fingerprint density at radius 3 is 2.74 bits per heavy atom. The van der Waals surface area contributed by atoms with Gasteiger partial charge in [-0.3, -0.25) is 4.79 Å². The largest absolute Gasteiger partial charge is 0.484 e. The lowest BCUT2D eigenvalue weighted by Crippen LogP contribution is -2.35. The van der Waals surface area contributed by atoms with Crippen molar-refractivity contribution in [3.05, 3.63) is 23.8 Å². The van der Waals surface area contributed by atoms with Gasteiger partial charge in [0.05, 0.1) is 5.56 Å². The molecule has 0 radical (unpaired) electrons. The fourth-order valence-corrected chi connectivity index (χ4v) is 1.38. The molecule has 4 N–H and O–H groups in total. The number of nitrogens with one attached hydrogen (secondary N) is 1. The van der Waals surface area contributed by atoms with Crippen LogP contribution in [0.3, 0.4) is 0 Å². The van der Waals surface area contributed by atoms with Gasteiger partial charge in [-0.05, 0) is 31.5 Å². The highest BCUT2D eigenvalue weighted by molar-refractivity contribution is 5.94. The highest BCUT2D eigenvalue weighted by Gasteiger charge is 2.11. The molecule has 104 valence electrons. The van der Waals surface area contributed by atoms with E-state index in [4.69, 9.17) is 15.6 Å². The van der Waals surface area contributed by atoms with Crippen LogP contribution in [-0.4, -0.2) is 29.6 Å². The van der Waals surface area contributed by atoms with Crippen molar-refractivity contribution < 1.29 is 19.4 Å². The number of carbonyl (C=O) groups excluding carboxylic acids is 1. The fraction of sp³-hybridized carbons (Fsp3) is 0.385. The van der Waals surface area contributed by atoms with Crippen molar-refractivity contribution in [3.8, 4) is 5.75 Å². The van der Waals surface area contributed by atoms with Crippen molar-refractivity contribution in [3.63, 3.8) is 0 Å². The lowest BCUT2D eigenvalue weighted by atomic mass is 10.2. The summed E-state index contributed by atoms with van der Waals surface area (Å²) in [5.74, 6) is -1.08. The Hall–Kier alpha value is -2.24. The maximum absolute atomic E-state index is 11.5.